The number of hydrogen-bond acceptors (Lipinski definition) is 10. The number of nitrogens with zero attached hydrogens (tertiary/aromatic N) is 5. The Bertz CT molecular complexity index is 1600. The Kier molecular flexibility index (Phi) is 9.11. The summed E-state index contributed by atoms with van der Waals surface area (Å²) in [6, 6.07) is 11.1. The van der Waals surface area contributed by atoms with Crippen molar-refractivity contribution < 1.29 is 18.9 Å². The summed E-state index contributed by atoms with van der Waals surface area (Å²) in [5.41, 5.74) is 3.60. The van der Waals surface area contributed by atoms with Crippen LogP contribution in [0.15, 0.2) is 53.3 Å². The molecule has 0 amide bonds. The van der Waals surface area contributed by atoms with E-state index in [9.17, 15) is 14.9 Å². The van der Waals surface area contributed by atoms with Gasteiger partial charge in [-0.05, 0) is 64.9 Å². The minimum Gasteiger partial charge on any atom is -0.464 e. The number of benzene rings is 2. The number of anilines is 3. The number of ether oxygens (including phenoxy) is 1. The number of nitro benzene ring substituents is 1. The van der Waals surface area contributed by atoms with Crippen molar-refractivity contribution in [2.75, 3.05) is 37.4 Å². The molecular weight excluding hydrogens is 536 g/mol. The summed E-state index contributed by atoms with van der Waals surface area (Å²) in [5, 5.41) is 16.0. The predicted molar refractivity (Wildman–Crippen MR) is 165 cm³/mol. The monoisotopic (exact) mass is 574 g/mol. The number of furan rings is 1. The molecule has 1 atom stereocenters. The second kappa shape index (κ2) is 12.6. The molecule has 0 radical (unpaired) electrons. The Morgan fingerprint density at radius 3 is 2.76 bits per heavy atom. The Balaban J connectivity index is 0.00000405. The third kappa shape index (κ3) is 6.20. The summed E-state index contributed by atoms with van der Waals surface area (Å²) in [6.07, 6.45) is 4.82. The second-order valence-electron chi connectivity index (χ2n) is 10.8. The molecular formula is C31H38N6O5. The third-order valence-corrected chi connectivity index (χ3v) is 7.42. The molecule has 0 aliphatic carbocycles. The van der Waals surface area contributed by atoms with Crippen molar-refractivity contribution in [3.8, 4) is 11.3 Å². The molecule has 1 aliphatic rings. The number of carbonyl (C=O) groups is 1. The largest absolute Gasteiger partial charge is 0.464 e. The molecule has 5 rings (SSSR count). The van der Waals surface area contributed by atoms with Gasteiger partial charge in [-0.3, -0.25) is 10.1 Å². The number of likely N-dealkylation sites (tertiary alicyclic amines) is 1. The van der Waals surface area contributed by atoms with E-state index in [2.05, 4.69) is 27.2 Å². The lowest BCUT2D eigenvalue weighted by molar-refractivity contribution is -0.384. The van der Waals surface area contributed by atoms with E-state index < -0.39 is 5.97 Å². The molecule has 2 aromatic heterocycles. The third-order valence-electron chi connectivity index (χ3n) is 7.42. The quantitative estimate of drug-likeness (QED) is 0.133. The predicted octanol–water partition coefficient (Wildman–Crippen LogP) is 6.58. The van der Waals surface area contributed by atoms with Gasteiger partial charge in [-0.2, -0.15) is 0 Å². The standard InChI is InChI=1S/C30H34N6O5.CH4/c1-18(2)41-29(37)22-15-31-30(33-28(22)23-17-40-27-11-7-6-10-21(23)27)32-24-14-26(36(38)39)25(13-19(24)3)35(5)16-20-9-8-12-34(20)4;/h6-7,10-11,13-15,17-18,20H,8-9,12,16H2,1-5H3,(H,31,32,33);1H4/t20-;/m1./s1. The number of nitrogens with one attached hydrogen (secondary N) is 1. The van der Waals surface area contributed by atoms with Gasteiger partial charge < -0.3 is 24.3 Å². The van der Waals surface area contributed by atoms with Gasteiger partial charge in [-0.1, -0.05) is 25.6 Å². The Morgan fingerprint density at radius 2 is 2.07 bits per heavy atom. The SMILES string of the molecule is C.Cc1cc(N(C)C[C@H]2CCCN2C)c([N+](=O)[O-])cc1Nc1ncc(C(=O)OC(C)C)c(-c2coc3ccccc23)n1. The van der Waals surface area contributed by atoms with Crippen molar-refractivity contribution in [2.45, 2.75) is 53.2 Å². The van der Waals surface area contributed by atoms with Crippen LogP contribution in [0.3, 0.4) is 0 Å². The first-order valence-electron chi connectivity index (χ1n) is 13.6. The Hall–Kier alpha value is -4.51. The van der Waals surface area contributed by atoms with Crippen LogP contribution < -0.4 is 10.2 Å². The summed E-state index contributed by atoms with van der Waals surface area (Å²) < 4.78 is 11.2. The van der Waals surface area contributed by atoms with Gasteiger partial charge >= 0.3 is 5.97 Å². The highest BCUT2D eigenvalue weighted by Gasteiger charge is 2.27. The molecule has 1 N–H and O–H groups in total. The highest BCUT2D eigenvalue weighted by atomic mass is 16.6. The minimum absolute atomic E-state index is 0. The van der Waals surface area contributed by atoms with E-state index in [1.165, 1.54) is 12.3 Å². The number of nitro groups is 1. The van der Waals surface area contributed by atoms with E-state index in [0.717, 1.165) is 30.3 Å². The summed E-state index contributed by atoms with van der Waals surface area (Å²) in [4.78, 5) is 38.0. The van der Waals surface area contributed by atoms with Gasteiger partial charge in [-0.25, -0.2) is 14.8 Å². The van der Waals surface area contributed by atoms with Crippen molar-refractivity contribution in [3.05, 3.63) is 70.1 Å². The Labute approximate surface area is 245 Å². The van der Waals surface area contributed by atoms with Crippen molar-refractivity contribution in [1.82, 2.24) is 14.9 Å². The summed E-state index contributed by atoms with van der Waals surface area (Å²) in [6.45, 7) is 7.15. The number of hydrogen-bond donors (Lipinski definition) is 1. The maximum atomic E-state index is 13.0. The highest BCUT2D eigenvalue weighted by molar-refractivity contribution is 6.02. The molecule has 0 spiro atoms. The molecule has 222 valence electrons. The molecule has 0 saturated carbocycles. The van der Waals surface area contributed by atoms with Gasteiger partial charge in [0.2, 0.25) is 5.95 Å². The van der Waals surface area contributed by atoms with Gasteiger partial charge in [0.1, 0.15) is 23.1 Å². The molecule has 11 heteroatoms. The van der Waals surface area contributed by atoms with E-state index in [-0.39, 0.29) is 35.7 Å². The average molecular weight is 575 g/mol. The van der Waals surface area contributed by atoms with Crippen LogP contribution in [-0.4, -0.2) is 65.1 Å². The van der Waals surface area contributed by atoms with Crippen LogP contribution in [0.25, 0.3) is 22.2 Å². The maximum absolute atomic E-state index is 13.0. The molecule has 0 bridgehead atoms. The molecule has 11 nitrogen and oxygen atoms in total. The van der Waals surface area contributed by atoms with Crippen molar-refractivity contribution in [1.29, 1.82) is 0 Å². The summed E-state index contributed by atoms with van der Waals surface area (Å²) in [7, 11) is 3.98. The fraction of sp³-hybridized carbons (Fsp3) is 0.387. The first-order valence-corrected chi connectivity index (χ1v) is 13.6. The average Bonchev–Trinajstić information content (AvgIpc) is 3.54. The van der Waals surface area contributed by atoms with Gasteiger partial charge in [0.25, 0.3) is 5.69 Å². The number of aromatic nitrogens is 2. The zero-order valence-electron chi connectivity index (χ0n) is 23.9. The summed E-state index contributed by atoms with van der Waals surface area (Å²) >= 11 is 0. The molecule has 1 aliphatic heterocycles. The van der Waals surface area contributed by atoms with E-state index in [0.29, 0.717) is 40.8 Å². The van der Waals surface area contributed by atoms with Crippen LogP contribution in [-0.2, 0) is 4.74 Å². The number of para-hydroxylation sites is 1. The van der Waals surface area contributed by atoms with Crippen LogP contribution in [0.2, 0.25) is 0 Å². The van der Waals surface area contributed by atoms with Gasteiger partial charge in [0.15, 0.2) is 0 Å². The summed E-state index contributed by atoms with van der Waals surface area (Å²) in [5.74, 6) is -0.378. The van der Waals surface area contributed by atoms with Gasteiger partial charge in [-0.15, -0.1) is 0 Å². The van der Waals surface area contributed by atoms with Crippen LogP contribution in [0, 0.1) is 17.0 Å². The van der Waals surface area contributed by atoms with Crippen LogP contribution in [0.4, 0.5) is 23.0 Å². The number of likely N-dealkylation sites (N-methyl/N-ethyl adjacent to an activating group) is 2. The van der Waals surface area contributed by atoms with Crippen molar-refractivity contribution in [2.24, 2.45) is 0 Å². The van der Waals surface area contributed by atoms with Crippen molar-refractivity contribution in [3.63, 3.8) is 0 Å². The van der Waals surface area contributed by atoms with E-state index in [4.69, 9.17) is 9.15 Å². The molecule has 4 aromatic rings. The van der Waals surface area contributed by atoms with Crippen LogP contribution >= 0.6 is 0 Å². The fourth-order valence-corrected chi connectivity index (χ4v) is 5.25. The minimum atomic E-state index is -0.557. The molecule has 3 heterocycles. The van der Waals surface area contributed by atoms with E-state index in [1.54, 1.807) is 20.1 Å². The molecule has 42 heavy (non-hydrogen) atoms. The zero-order chi connectivity index (χ0) is 29.3. The normalized spacial score (nSPS) is 15.0. The number of rotatable bonds is 9. The van der Waals surface area contributed by atoms with Crippen LogP contribution in [0.1, 0.15) is 50.0 Å². The number of esters is 1. The lowest BCUT2D eigenvalue weighted by Crippen LogP contribution is -2.36. The number of aryl methyl sites for hydroxylation is 1. The lowest BCUT2D eigenvalue weighted by atomic mass is 10.1. The van der Waals surface area contributed by atoms with Crippen LogP contribution in [0.5, 0.6) is 0 Å². The molecule has 2 aromatic carbocycles. The first-order chi connectivity index (χ1) is 19.6. The topological polar surface area (TPSA) is 127 Å². The number of fused-ring (bicyclic) bond motifs is 1. The second-order valence-corrected chi connectivity index (χ2v) is 10.8. The Morgan fingerprint density at radius 1 is 1.31 bits per heavy atom. The fourth-order valence-electron chi connectivity index (χ4n) is 5.25. The van der Waals surface area contributed by atoms with E-state index in [1.807, 2.05) is 49.2 Å². The highest BCUT2D eigenvalue weighted by Crippen LogP contribution is 2.36. The smallest absolute Gasteiger partial charge is 0.342 e. The zero-order valence-corrected chi connectivity index (χ0v) is 23.9. The van der Waals surface area contributed by atoms with Gasteiger partial charge in [0.05, 0.1) is 22.4 Å². The molecule has 1 saturated heterocycles. The molecule has 1 fully saturated rings. The lowest BCUT2D eigenvalue weighted by Gasteiger charge is -2.27. The van der Waals surface area contributed by atoms with Gasteiger partial charge in [0, 0.05) is 42.8 Å². The van der Waals surface area contributed by atoms with E-state index >= 15 is 0 Å². The maximum Gasteiger partial charge on any atom is 0.342 e. The number of carbonyl (C=O) groups excluding carboxylic acids is 1. The molecule has 0 unspecified atom stereocenters. The first kappa shape index (κ1) is 30.4. The van der Waals surface area contributed by atoms with Crippen molar-refractivity contribution >= 4 is 39.9 Å².